The van der Waals surface area contributed by atoms with Gasteiger partial charge in [-0.15, -0.1) is 0 Å². The predicted octanol–water partition coefficient (Wildman–Crippen LogP) is 4.80. The third-order valence-corrected chi connectivity index (χ3v) is 3.53. The molecule has 0 radical (unpaired) electrons. The van der Waals surface area contributed by atoms with E-state index >= 15 is 0 Å². The monoisotopic (exact) mass is 273 g/mol. The molecule has 2 nitrogen and oxygen atoms in total. The predicted molar refractivity (Wildman–Crippen MR) is 69.6 cm³/mol. The minimum Gasteiger partial charge on any atom is -0.439 e. The fourth-order valence-electron chi connectivity index (χ4n) is 1.45. The van der Waals surface area contributed by atoms with Gasteiger partial charge in [-0.25, -0.2) is 9.37 Å². The summed E-state index contributed by atoms with van der Waals surface area (Å²) in [6, 6.07) is 2.97. The molecule has 0 bridgehead atoms. The van der Waals surface area contributed by atoms with Crippen LogP contribution in [0.15, 0.2) is 21.4 Å². The number of fused-ring (bicyclic) bond motifs is 1. The molecule has 0 aliphatic rings. The number of aromatic nitrogens is 1. The zero-order valence-corrected chi connectivity index (χ0v) is 11.5. The lowest BCUT2D eigenvalue weighted by atomic mass is 9.97. The molecule has 17 heavy (non-hydrogen) atoms. The Morgan fingerprint density at radius 1 is 1.41 bits per heavy atom. The highest BCUT2D eigenvalue weighted by Gasteiger charge is 2.22. The van der Waals surface area contributed by atoms with E-state index in [9.17, 15) is 4.39 Å². The third kappa shape index (κ3) is 2.43. The molecule has 1 aromatic heterocycles. The topological polar surface area (TPSA) is 26.0 Å². The maximum absolute atomic E-state index is 12.5. The fraction of sp³-hybridized carbons (Fsp3) is 0.417. The van der Waals surface area contributed by atoms with Gasteiger partial charge in [0.1, 0.15) is 11.5 Å². The van der Waals surface area contributed by atoms with Gasteiger partial charge in [-0.1, -0.05) is 44.1 Å². The van der Waals surface area contributed by atoms with Crippen LogP contribution in [0.3, 0.4) is 0 Å². The lowest BCUT2D eigenvalue weighted by molar-refractivity contribution is 0.409. The van der Waals surface area contributed by atoms with Crippen LogP contribution in [0.4, 0.5) is 4.39 Å². The summed E-state index contributed by atoms with van der Waals surface area (Å²) < 4.78 is 18.2. The van der Waals surface area contributed by atoms with Gasteiger partial charge >= 0.3 is 0 Å². The highest BCUT2D eigenvalue weighted by atomic mass is 35.5. The number of oxazole rings is 1. The minimum absolute atomic E-state index is 0.177. The molecule has 5 heteroatoms. The first-order valence-corrected chi connectivity index (χ1v) is 6.58. The summed E-state index contributed by atoms with van der Waals surface area (Å²) in [7, 11) is 0. The van der Waals surface area contributed by atoms with E-state index < -0.39 is 6.01 Å². The molecule has 1 aromatic carbocycles. The number of nitrogens with zero attached hydrogens (tertiary/aromatic N) is 1. The quantitative estimate of drug-likeness (QED) is 0.735. The highest BCUT2D eigenvalue weighted by Crippen LogP contribution is 2.37. The summed E-state index contributed by atoms with van der Waals surface area (Å²) in [5.74, 6) is 0.635. The standard InChI is InChI=1S/C12H13ClFNOS/c1-12(2,3)11-15-8-5-4-7(13)10(17-6-14)9(8)16-11/h4-5H,6H2,1-3H3. The van der Waals surface area contributed by atoms with Crippen molar-refractivity contribution < 1.29 is 8.81 Å². The van der Waals surface area contributed by atoms with E-state index in [0.717, 1.165) is 17.3 Å². The maximum Gasteiger partial charge on any atom is 0.200 e. The normalized spacial score (nSPS) is 12.3. The van der Waals surface area contributed by atoms with E-state index in [-0.39, 0.29) is 5.41 Å². The first-order valence-electron chi connectivity index (χ1n) is 5.22. The van der Waals surface area contributed by atoms with Gasteiger partial charge in [-0.3, -0.25) is 0 Å². The molecule has 0 saturated carbocycles. The third-order valence-electron chi connectivity index (χ3n) is 2.30. The highest BCUT2D eigenvalue weighted by molar-refractivity contribution is 7.99. The van der Waals surface area contributed by atoms with Crippen LogP contribution in [-0.2, 0) is 5.41 Å². The molecule has 0 saturated heterocycles. The molecule has 2 rings (SSSR count). The van der Waals surface area contributed by atoms with Gasteiger partial charge in [0.05, 0.1) is 9.92 Å². The van der Waals surface area contributed by atoms with E-state index in [2.05, 4.69) is 4.98 Å². The summed E-state index contributed by atoms with van der Waals surface area (Å²) in [5, 5.41) is 0.497. The van der Waals surface area contributed by atoms with Crippen molar-refractivity contribution in [3.05, 3.63) is 23.0 Å². The van der Waals surface area contributed by atoms with E-state index in [4.69, 9.17) is 16.0 Å². The molecule has 0 unspecified atom stereocenters. The molecule has 1 heterocycles. The van der Waals surface area contributed by atoms with Crippen molar-refractivity contribution in [2.45, 2.75) is 31.1 Å². The van der Waals surface area contributed by atoms with Crippen LogP contribution in [0.1, 0.15) is 26.7 Å². The van der Waals surface area contributed by atoms with E-state index in [1.54, 1.807) is 12.1 Å². The minimum atomic E-state index is -0.537. The fourth-order valence-corrected chi connectivity index (χ4v) is 2.36. The molecule has 0 amide bonds. The van der Waals surface area contributed by atoms with E-state index in [1.807, 2.05) is 20.8 Å². The zero-order chi connectivity index (χ0) is 12.6. The van der Waals surface area contributed by atoms with Crippen LogP contribution < -0.4 is 0 Å². The summed E-state index contributed by atoms with van der Waals surface area (Å²) in [4.78, 5) is 5.03. The Morgan fingerprint density at radius 2 is 2.12 bits per heavy atom. The average Bonchev–Trinajstić information content (AvgIpc) is 2.66. The van der Waals surface area contributed by atoms with Crippen LogP contribution >= 0.6 is 23.4 Å². The second-order valence-corrected chi connectivity index (χ2v) is 6.07. The van der Waals surface area contributed by atoms with Gasteiger partial charge in [0.15, 0.2) is 5.58 Å². The molecule has 2 aromatic rings. The maximum atomic E-state index is 12.5. The van der Waals surface area contributed by atoms with Gasteiger partial charge in [0.25, 0.3) is 0 Å². The molecule has 0 spiro atoms. The second-order valence-electron chi connectivity index (χ2n) is 4.75. The first kappa shape index (κ1) is 12.7. The molecule has 0 fully saturated rings. The van der Waals surface area contributed by atoms with Crippen LogP contribution in [0, 0.1) is 0 Å². The first-order chi connectivity index (χ1) is 7.93. The lowest BCUT2D eigenvalue weighted by Gasteiger charge is -2.11. The Balaban J connectivity index is 2.64. The second kappa shape index (κ2) is 4.50. The van der Waals surface area contributed by atoms with Crippen LogP contribution in [0.2, 0.25) is 5.02 Å². The van der Waals surface area contributed by atoms with Gasteiger partial charge in [-0.05, 0) is 12.1 Å². The SMILES string of the molecule is CC(C)(C)c1nc2ccc(Cl)c(SCF)c2o1. The van der Waals surface area contributed by atoms with Crippen molar-refractivity contribution in [3.8, 4) is 0 Å². The van der Waals surface area contributed by atoms with Crippen LogP contribution in [0.25, 0.3) is 11.1 Å². The van der Waals surface area contributed by atoms with Crippen molar-refractivity contribution >= 4 is 34.5 Å². The van der Waals surface area contributed by atoms with Crippen LogP contribution in [-0.4, -0.2) is 11.0 Å². The largest absolute Gasteiger partial charge is 0.439 e. The number of alkyl halides is 1. The van der Waals surface area contributed by atoms with Crippen LogP contribution in [0.5, 0.6) is 0 Å². The number of rotatable bonds is 2. The number of hydrogen-bond donors (Lipinski definition) is 0. The van der Waals surface area contributed by atoms with Crippen molar-refractivity contribution in [2.24, 2.45) is 0 Å². The summed E-state index contributed by atoms with van der Waals surface area (Å²) >= 11 is 7.05. The van der Waals surface area contributed by atoms with Crippen molar-refractivity contribution in [1.29, 1.82) is 0 Å². The van der Waals surface area contributed by atoms with Crippen molar-refractivity contribution in [3.63, 3.8) is 0 Å². The Kier molecular flexibility index (Phi) is 3.36. The Bertz CT molecular complexity index is 547. The lowest BCUT2D eigenvalue weighted by Crippen LogP contribution is -2.10. The Hall–Kier alpha value is -0.740. The summed E-state index contributed by atoms with van der Waals surface area (Å²) in [5.41, 5.74) is 1.11. The van der Waals surface area contributed by atoms with Crippen molar-refractivity contribution in [2.75, 3.05) is 6.01 Å². The molecular formula is C12H13ClFNOS. The van der Waals surface area contributed by atoms with Gasteiger partial charge in [0, 0.05) is 5.41 Å². The molecule has 92 valence electrons. The van der Waals surface area contributed by atoms with Gasteiger partial charge < -0.3 is 4.42 Å². The smallest absolute Gasteiger partial charge is 0.200 e. The van der Waals surface area contributed by atoms with Gasteiger partial charge in [0.2, 0.25) is 5.89 Å². The molecule has 0 aliphatic carbocycles. The number of thioether (sulfide) groups is 1. The zero-order valence-electron chi connectivity index (χ0n) is 9.88. The number of benzene rings is 1. The van der Waals surface area contributed by atoms with Crippen molar-refractivity contribution in [1.82, 2.24) is 4.98 Å². The molecular weight excluding hydrogens is 261 g/mol. The molecule has 0 aliphatic heterocycles. The van der Waals surface area contributed by atoms with E-state index in [1.165, 1.54) is 0 Å². The summed E-state index contributed by atoms with van der Waals surface area (Å²) in [6.45, 7) is 6.05. The number of halogens is 2. The Morgan fingerprint density at radius 3 is 2.71 bits per heavy atom. The van der Waals surface area contributed by atoms with Gasteiger partial charge in [-0.2, -0.15) is 0 Å². The summed E-state index contributed by atoms with van der Waals surface area (Å²) in [6.07, 6.45) is 0. The average molecular weight is 274 g/mol. The Labute approximate surface area is 109 Å². The molecule has 0 atom stereocenters. The number of hydrogen-bond acceptors (Lipinski definition) is 3. The van der Waals surface area contributed by atoms with E-state index in [0.29, 0.717) is 21.4 Å². The molecule has 0 N–H and O–H groups in total.